The summed E-state index contributed by atoms with van der Waals surface area (Å²) in [4.78, 5) is 6.91. The molecule has 0 radical (unpaired) electrons. The number of ether oxygens (including phenoxy) is 2. The number of halogens is 6. The van der Waals surface area contributed by atoms with Gasteiger partial charge in [-0.3, -0.25) is 0 Å². The van der Waals surface area contributed by atoms with E-state index in [1.807, 2.05) is 0 Å². The summed E-state index contributed by atoms with van der Waals surface area (Å²) in [6.45, 7) is 0.142. The van der Waals surface area contributed by atoms with Crippen LogP contribution in [0.1, 0.15) is 12.5 Å². The van der Waals surface area contributed by atoms with Crippen molar-refractivity contribution in [1.82, 2.24) is 9.97 Å². The second-order valence-electron chi connectivity index (χ2n) is 4.87. The first-order valence-electron chi connectivity index (χ1n) is 7.23. The SMILES string of the molecule is CCOc1ccccc1Nc1ncc(C(F)(F)F)c(OCC(F)(F)F)n1. The van der Waals surface area contributed by atoms with Crippen molar-refractivity contribution in [3.05, 3.63) is 36.0 Å². The predicted molar refractivity (Wildman–Crippen MR) is 79.5 cm³/mol. The van der Waals surface area contributed by atoms with Crippen LogP contribution in [0.4, 0.5) is 38.0 Å². The fourth-order valence-electron chi connectivity index (χ4n) is 1.85. The Morgan fingerprint density at radius 2 is 1.73 bits per heavy atom. The molecule has 0 atom stereocenters. The highest BCUT2D eigenvalue weighted by Gasteiger charge is 2.38. The van der Waals surface area contributed by atoms with Gasteiger partial charge in [-0.15, -0.1) is 0 Å². The van der Waals surface area contributed by atoms with E-state index in [-0.39, 0.29) is 5.95 Å². The maximum absolute atomic E-state index is 12.9. The molecule has 0 bridgehead atoms. The summed E-state index contributed by atoms with van der Waals surface area (Å²) in [5.74, 6) is -1.22. The van der Waals surface area contributed by atoms with Crippen LogP contribution in [0.2, 0.25) is 0 Å². The smallest absolute Gasteiger partial charge is 0.423 e. The molecule has 1 aromatic carbocycles. The molecule has 0 spiro atoms. The molecule has 26 heavy (non-hydrogen) atoms. The molecule has 0 amide bonds. The largest absolute Gasteiger partial charge is 0.492 e. The number of aromatic nitrogens is 2. The minimum Gasteiger partial charge on any atom is -0.492 e. The van der Waals surface area contributed by atoms with Gasteiger partial charge in [0.15, 0.2) is 6.61 Å². The van der Waals surface area contributed by atoms with E-state index >= 15 is 0 Å². The highest BCUT2D eigenvalue weighted by molar-refractivity contribution is 5.62. The van der Waals surface area contributed by atoms with Crippen molar-refractivity contribution >= 4 is 11.6 Å². The molecule has 0 saturated carbocycles. The maximum Gasteiger partial charge on any atom is 0.423 e. The van der Waals surface area contributed by atoms with Crippen molar-refractivity contribution in [2.45, 2.75) is 19.3 Å². The molecule has 0 unspecified atom stereocenters. The van der Waals surface area contributed by atoms with Gasteiger partial charge < -0.3 is 14.8 Å². The quantitative estimate of drug-likeness (QED) is 0.743. The van der Waals surface area contributed by atoms with Gasteiger partial charge in [0.05, 0.1) is 12.3 Å². The fraction of sp³-hybridized carbons (Fsp3) is 0.333. The molecule has 2 rings (SSSR count). The van der Waals surface area contributed by atoms with Gasteiger partial charge in [-0.1, -0.05) is 12.1 Å². The zero-order valence-electron chi connectivity index (χ0n) is 13.3. The Balaban J connectivity index is 2.33. The monoisotopic (exact) mass is 381 g/mol. The Kier molecular flexibility index (Phi) is 5.78. The lowest BCUT2D eigenvalue weighted by Crippen LogP contribution is -2.22. The zero-order valence-corrected chi connectivity index (χ0v) is 13.3. The van der Waals surface area contributed by atoms with Crippen LogP contribution in [0.15, 0.2) is 30.5 Å². The zero-order chi connectivity index (χ0) is 19.4. The van der Waals surface area contributed by atoms with Crippen molar-refractivity contribution in [2.75, 3.05) is 18.5 Å². The molecule has 1 N–H and O–H groups in total. The predicted octanol–water partition coefficient (Wildman–Crippen LogP) is 4.58. The van der Waals surface area contributed by atoms with E-state index in [9.17, 15) is 26.3 Å². The van der Waals surface area contributed by atoms with Crippen molar-refractivity contribution in [3.63, 3.8) is 0 Å². The molecule has 1 aromatic heterocycles. The third kappa shape index (κ3) is 5.39. The van der Waals surface area contributed by atoms with Gasteiger partial charge in [0.1, 0.15) is 11.3 Å². The first-order valence-corrected chi connectivity index (χ1v) is 7.23. The van der Waals surface area contributed by atoms with Crippen molar-refractivity contribution in [3.8, 4) is 11.6 Å². The van der Waals surface area contributed by atoms with Gasteiger partial charge in [0.2, 0.25) is 11.8 Å². The molecular formula is C15H13F6N3O2. The summed E-state index contributed by atoms with van der Waals surface area (Å²) >= 11 is 0. The summed E-state index contributed by atoms with van der Waals surface area (Å²) in [5, 5.41) is 2.60. The third-order valence-electron chi connectivity index (χ3n) is 2.87. The highest BCUT2D eigenvalue weighted by atomic mass is 19.4. The standard InChI is InChI=1S/C15H13F6N3O2/c1-2-25-11-6-4-3-5-10(11)23-13-22-7-9(15(19,20)21)12(24-13)26-8-14(16,17)18/h3-7H,2,8H2,1H3,(H,22,23,24). The van der Waals surface area contributed by atoms with Crippen LogP contribution >= 0.6 is 0 Å². The van der Waals surface area contributed by atoms with Gasteiger partial charge in [-0.05, 0) is 19.1 Å². The average molecular weight is 381 g/mol. The number of para-hydroxylation sites is 2. The Morgan fingerprint density at radius 1 is 1.04 bits per heavy atom. The summed E-state index contributed by atoms with van der Waals surface area (Å²) in [6, 6.07) is 6.43. The van der Waals surface area contributed by atoms with Gasteiger partial charge in [-0.25, -0.2) is 4.98 Å². The normalized spacial score (nSPS) is 12.0. The van der Waals surface area contributed by atoms with E-state index in [1.165, 1.54) is 0 Å². The Morgan fingerprint density at radius 3 is 2.35 bits per heavy atom. The van der Waals surface area contributed by atoms with Crippen LogP contribution in [0.25, 0.3) is 0 Å². The van der Waals surface area contributed by atoms with Gasteiger partial charge in [-0.2, -0.15) is 31.3 Å². The number of benzene rings is 1. The first kappa shape index (κ1) is 19.6. The molecule has 0 aliphatic rings. The van der Waals surface area contributed by atoms with Crippen LogP contribution in [-0.2, 0) is 6.18 Å². The van der Waals surface area contributed by atoms with E-state index in [4.69, 9.17) is 4.74 Å². The molecule has 0 aliphatic heterocycles. The number of hydrogen-bond donors (Lipinski definition) is 1. The van der Waals surface area contributed by atoms with Crippen LogP contribution in [-0.4, -0.2) is 29.4 Å². The van der Waals surface area contributed by atoms with Crippen LogP contribution < -0.4 is 14.8 Å². The number of alkyl halides is 6. The van der Waals surface area contributed by atoms with Gasteiger partial charge >= 0.3 is 12.4 Å². The van der Waals surface area contributed by atoms with E-state index in [0.29, 0.717) is 24.2 Å². The number of nitrogens with one attached hydrogen (secondary N) is 1. The Bertz CT molecular complexity index is 749. The van der Waals surface area contributed by atoms with Crippen LogP contribution in [0.5, 0.6) is 11.6 Å². The molecule has 11 heteroatoms. The molecule has 0 fully saturated rings. The van der Waals surface area contributed by atoms with E-state index in [1.54, 1.807) is 31.2 Å². The van der Waals surface area contributed by atoms with Crippen LogP contribution in [0.3, 0.4) is 0 Å². The molecule has 1 heterocycles. The molecule has 0 saturated heterocycles. The highest BCUT2D eigenvalue weighted by Crippen LogP contribution is 2.36. The summed E-state index contributed by atoms with van der Waals surface area (Å²) < 4.78 is 85.1. The lowest BCUT2D eigenvalue weighted by molar-refractivity contribution is -0.159. The van der Waals surface area contributed by atoms with E-state index < -0.39 is 30.4 Å². The Hall–Kier alpha value is -2.72. The minimum absolute atomic E-state index is 0.326. The van der Waals surface area contributed by atoms with Crippen molar-refractivity contribution in [2.24, 2.45) is 0 Å². The maximum atomic E-state index is 12.9. The average Bonchev–Trinajstić information content (AvgIpc) is 2.53. The number of rotatable bonds is 6. The number of anilines is 2. The van der Waals surface area contributed by atoms with Crippen LogP contribution in [0, 0.1) is 0 Å². The second kappa shape index (κ2) is 7.67. The molecule has 0 aliphatic carbocycles. The van der Waals surface area contributed by atoms with Gasteiger partial charge in [0, 0.05) is 6.20 Å². The van der Waals surface area contributed by atoms with E-state index in [2.05, 4.69) is 20.0 Å². The van der Waals surface area contributed by atoms with E-state index in [0.717, 1.165) is 0 Å². The van der Waals surface area contributed by atoms with Crippen molar-refractivity contribution < 1.29 is 35.8 Å². The summed E-state index contributed by atoms with van der Waals surface area (Å²) in [7, 11) is 0. The topological polar surface area (TPSA) is 56.3 Å². The lowest BCUT2D eigenvalue weighted by Gasteiger charge is -2.16. The first-order chi connectivity index (χ1) is 12.1. The minimum atomic E-state index is -4.97. The lowest BCUT2D eigenvalue weighted by atomic mass is 10.3. The third-order valence-corrected chi connectivity index (χ3v) is 2.87. The van der Waals surface area contributed by atoms with Crippen molar-refractivity contribution in [1.29, 1.82) is 0 Å². The second-order valence-corrected chi connectivity index (χ2v) is 4.87. The molecule has 142 valence electrons. The number of nitrogens with zero attached hydrogens (tertiary/aromatic N) is 2. The Labute approximate surface area is 144 Å². The summed E-state index contributed by atoms with van der Waals surface area (Å²) in [5.41, 5.74) is -1.18. The fourth-order valence-corrected chi connectivity index (χ4v) is 1.85. The summed E-state index contributed by atoms with van der Waals surface area (Å²) in [6.07, 6.45) is -9.43. The molecule has 5 nitrogen and oxygen atoms in total. The van der Waals surface area contributed by atoms with Gasteiger partial charge in [0.25, 0.3) is 0 Å². The number of hydrogen-bond acceptors (Lipinski definition) is 5. The molecule has 2 aromatic rings. The molecular weight excluding hydrogens is 368 g/mol.